The molecule has 0 atom stereocenters. The van der Waals surface area contributed by atoms with E-state index in [-0.39, 0.29) is 12.4 Å². The predicted octanol–water partition coefficient (Wildman–Crippen LogP) is 0.658. The molecule has 4 nitrogen and oxygen atoms in total. The molecule has 1 N–H and O–H groups in total. The normalized spacial score (nSPS) is 19.2. The molecule has 1 saturated carbocycles. The molecule has 0 amide bonds. The summed E-state index contributed by atoms with van der Waals surface area (Å²) in [7, 11) is -2.90. The molecule has 1 aliphatic rings. The molecule has 0 saturated heterocycles. The fourth-order valence-corrected chi connectivity index (χ4v) is 2.90. The van der Waals surface area contributed by atoms with Gasteiger partial charge < -0.3 is 5.11 Å². The van der Waals surface area contributed by atoms with E-state index in [1.54, 1.807) is 0 Å². The van der Waals surface area contributed by atoms with Crippen LogP contribution in [0.5, 0.6) is 0 Å². The second-order valence-electron chi connectivity index (χ2n) is 4.68. The van der Waals surface area contributed by atoms with E-state index in [9.17, 15) is 8.42 Å². The van der Waals surface area contributed by atoms with Crippen LogP contribution in [0.25, 0.3) is 0 Å². The van der Waals surface area contributed by atoms with Crippen molar-refractivity contribution in [2.24, 2.45) is 0 Å². The first-order valence-electron chi connectivity index (χ1n) is 6.05. The van der Waals surface area contributed by atoms with Crippen LogP contribution in [0.4, 0.5) is 0 Å². The number of aliphatic hydroxyl groups is 1. The van der Waals surface area contributed by atoms with E-state index in [1.807, 2.05) is 0 Å². The Balaban J connectivity index is 2.45. The minimum absolute atomic E-state index is 0.111. The lowest BCUT2D eigenvalue weighted by molar-refractivity contribution is 0.131. The molecule has 1 aliphatic carbocycles. The third-order valence-corrected chi connectivity index (χ3v) is 4.15. The largest absolute Gasteiger partial charge is 0.395 e. The lowest BCUT2D eigenvalue weighted by Gasteiger charge is -2.33. The van der Waals surface area contributed by atoms with Crippen molar-refractivity contribution in [2.75, 3.05) is 31.7 Å². The standard InChI is InChI=1S/C11H23NO3S/c1-16(14,15)10-8-12(7-9-13)11-5-3-2-4-6-11/h11,13H,2-10H2,1H3. The summed E-state index contributed by atoms with van der Waals surface area (Å²) in [6, 6.07) is 0.475. The number of aliphatic hydroxyl groups excluding tert-OH is 1. The zero-order valence-corrected chi connectivity index (χ0v) is 10.9. The first-order valence-corrected chi connectivity index (χ1v) is 8.11. The molecule has 96 valence electrons. The van der Waals surface area contributed by atoms with E-state index in [0.29, 0.717) is 19.1 Å². The maximum atomic E-state index is 11.1. The molecule has 0 unspecified atom stereocenters. The molecule has 0 aliphatic heterocycles. The molecule has 1 fully saturated rings. The van der Waals surface area contributed by atoms with Gasteiger partial charge in [0.1, 0.15) is 9.84 Å². The van der Waals surface area contributed by atoms with Crippen LogP contribution in [0.2, 0.25) is 0 Å². The zero-order chi connectivity index (χ0) is 12.0. The van der Waals surface area contributed by atoms with Crippen LogP contribution >= 0.6 is 0 Å². The Morgan fingerprint density at radius 1 is 1.19 bits per heavy atom. The van der Waals surface area contributed by atoms with Crippen LogP contribution in [0.3, 0.4) is 0 Å². The Hall–Kier alpha value is -0.130. The summed E-state index contributed by atoms with van der Waals surface area (Å²) in [5.41, 5.74) is 0. The first kappa shape index (κ1) is 13.9. The van der Waals surface area contributed by atoms with Crippen LogP contribution in [0.15, 0.2) is 0 Å². The average molecular weight is 249 g/mol. The topological polar surface area (TPSA) is 57.6 Å². The van der Waals surface area contributed by atoms with Crippen molar-refractivity contribution < 1.29 is 13.5 Å². The highest BCUT2D eigenvalue weighted by Crippen LogP contribution is 2.22. The summed E-state index contributed by atoms with van der Waals surface area (Å²) in [5, 5.41) is 9.01. The van der Waals surface area contributed by atoms with Crippen molar-refractivity contribution in [3.8, 4) is 0 Å². The van der Waals surface area contributed by atoms with Gasteiger partial charge in [-0.15, -0.1) is 0 Å². The number of hydrogen-bond acceptors (Lipinski definition) is 4. The maximum Gasteiger partial charge on any atom is 0.148 e. The fourth-order valence-electron chi connectivity index (χ4n) is 2.33. The van der Waals surface area contributed by atoms with Gasteiger partial charge in [-0.2, -0.15) is 0 Å². The summed E-state index contributed by atoms with van der Waals surface area (Å²) in [6.45, 7) is 1.27. The summed E-state index contributed by atoms with van der Waals surface area (Å²) in [6.07, 6.45) is 7.30. The van der Waals surface area contributed by atoms with Gasteiger partial charge in [-0.1, -0.05) is 19.3 Å². The fraction of sp³-hybridized carbons (Fsp3) is 1.00. The van der Waals surface area contributed by atoms with Crippen LogP contribution in [0, 0.1) is 0 Å². The number of rotatable bonds is 6. The number of sulfone groups is 1. The highest BCUT2D eigenvalue weighted by molar-refractivity contribution is 7.90. The van der Waals surface area contributed by atoms with Crippen LogP contribution < -0.4 is 0 Å². The first-order chi connectivity index (χ1) is 7.53. The minimum Gasteiger partial charge on any atom is -0.395 e. The van der Waals surface area contributed by atoms with Gasteiger partial charge >= 0.3 is 0 Å². The van der Waals surface area contributed by atoms with Crippen molar-refractivity contribution >= 4 is 9.84 Å². The average Bonchev–Trinajstić information content (AvgIpc) is 2.24. The van der Waals surface area contributed by atoms with Crippen molar-refractivity contribution in [1.29, 1.82) is 0 Å². The van der Waals surface area contributed by atoms with E-state index < -0.39 is 9.84 Å². The molecule has 1 rings (SSSR count). The number of nitrogens with zero attached hydrogens (tertiary/aromatic N) is 1. The molecule has 0 aromatic heterocycles. The Labute approximate surface area is 98.6 Å². The SMILES string of the molecule is CS(=O)(=O)CCN(CCO)C1CCCCC1. The maximum absolute atomic E-state index is 11.1. The molecule has 5 heteroatoms. The van der Waals surface area contributed by atoms with Crippen molar-refractivity contribution in [2.45, 2.75) is 38.1 Å². The van der Waals surface area contributed by atoms with E-state index in [4.69, 9.17) is 5.11 Å². The molecule has 0 spiro atoms. The molecule has 16 heavy (non-hydrogen) atoms. The van der Waals surface area contributed by atoms with E-state index >= 15 is 0 Å². The molecule has 0 aromatic carbocycles. The van der Waals surface area contributed by atoms with Gasteiger partial charge in [-0.05, 0) is 12.8 Å². The van der Waals surface area contributed by atoms with E-state index in [2.05, 4.69) is 4.90 Å². The summed E-state index contributed by atoms with van der Waals surface area (Å²) >= 11 is 0. The van der Waals surface area contributed by atoms with Crippen LogP contribution in [0.1, 0.15) is 32.1 Å². The Bertz CT molecular complexity index is 284. The number of hydrogen-bond donors (Lipinski definition) is 1. The predicted molar refractivity (Wildman–Crippen MR) is 65.2 cm³/mol. The molecule has 0 bridgehead atoms. The quantitative estimate of drug-likeness (QED) is 0.751. The van der Waals surface area contributed by atoms with Gasteiger partial charge in [-0.25, -0.2) is 8.42 Å². The molecule has 0 radical (unpaired) electrons. The zero-order valence-electron chi connectivity index (χ0n) is 10.1. The second kappa shape index (κ2) is 6.57. The van der Waals surface area contributed by atoms with Crippen molar-refractivity contribution in [3.63, 3.8) is 0 Å². The minimum atomic E-state index is -2.90. The lowest BCUT2D eigenvalue weighted by atomic mass is 9.94. The lowest BCUT2D eigenvalue weighted by Crippen LogP contribution is -2.41. The molecular weight excluding hydrogens is 226 g/mol. The van der Waals surface area contributed by atoms with E-state index in [1.165, 1.54) is 25.5 Å². The summed E-state index contributed by atoms with van der Waals surface area (Å²) in [5.74, 6) is 0.198. The summed E-state index contributed by atoms with van der Waals surface area (Å²) < 4.78 is 22.3. The third-order valence-electron chi connectivity index (χ3n) is 3.23. The second-order valence-corrected chi connectivity index (χ2v) is 6.94. The van der Waals surface area contributed by atoms with Crippen LogP contribution in [-0.2, 0) is 9.84 Å². The van der Waals surface area contributed by atoms with Gasteiger partial charge in [0.15, 0.2) is 0 Å². The Morgan fingerprint density at radius 2 is 1.81 bits per heavy atom. The van der Waals surface area contributed by atoms with E-state index in [0.717, 1.165) is 12.8 Å². The van der Waals surface area contributed by atoms with Gasteiger partial charge in [-0.3, -0.25) is 4.90 Å². The Morgan fingerprint density at radius 3 is 2.31 bits per heavy atom. The highest BCUT2D eigenvalue weighted by atomic mass is 32.2. The third kappa shape index (κ3) is 5.27. The molecular formula is C11H23NO3S. The van der Waals surface area contributed by atoms with Gasteiger partial charge in [0.25, 0.3) is 0 Å². The monoisotopic (exact) mass is 249 g/mol. The van der Waals surface area contributed by atoms with Crippen molar-refractivity contribution in [1.82, 2.24) is 4.90 Å². The molecule has 0 aromatic rings. The van der Waals surface area contributed by atoms with Gasteiger partial charge in [0.2, 0.25) is 0 Å². The van der Waals surface area contributed by atoms with Gasteiger partial charge in [0, 0.05) is 25.4 Å². The van der Waals surface area contributed by atoms with Crippen LogP contribution in [-0.4, -0.2) is 56.2 Å². The summed E-state index contributed by atoms with van der Waals surface area (Å²) in [4.78, 5) is 2.14. The van der Waals surface area contributed by atoms with Crippen molar-refractivity contribution in [3.05, 3.63) is 0 Å². The highest BCUT2D eigenvalue weighted by Gasteiger charge is 2.21. The molecule has 0 heterocycles. The Kier molecular flexibility index (Phi) is 5.72. The van der Waals surface area contributed by atoms with Gasteiger partial charge in [0.05, 0.1) is 12.4 Å². The smallest absolute Gasteiger partial charge is 0.148 e.